The van der Waals surface area contributed by atoms with Gasteiger partial charge in [0.05, 0.1) is 5.52 Å². The third-order valence-corrected chi connectivity index (χ3v) is 2.10. The number of fused-ring (bicyclic) bond motifs is 1. The molecule has 1 heterocycles. The van der Waals surface area contributed by atoms with E-state index < -0.39 is 0 Å². The third kappa shape index (κ3) is 2.01. The highest BCUT2D eigenvalue weighted by Gasteiger charge is 1.98. The number of benzene rings is 1. The molecule has 72 valence electrons. The van der Waals surface area contributed by atoms with Crippen LogP contribution < -0.4 is 4.74 Å². The van der Waals surface area contributed by atoms with Gasteiger partial charge >= 0.3 is 6.01 Å². The van der Waals surface area contributed by atoms with Crippen molar-refractivity contribution in [2.45, 2.75) is 0 Å². The van der Waals surface area contributed by atoms with Crippen molar-refractivity contribution in [3.05, 3.63) is 30.5 Å². The number of aromatic nitrogens is 2. The molecule has 0 atom stereocenters. The minimum atomic E-state index is 0.433. The van der Waals surface area contributed by atoms with Gasteiger partial charge in [0, 0.05) is 16.9 Å². The molecule has 0 radical (unpaired) electrons. The molecule has 4 heteroatoms. The summed E-state index contributed by atoms with van der Waals surface area (Å²) >= 11 is 3.28. The van der Waals surface area contributed by atoms with E-state index in [1.54, 1.807) is 6.20 Å². The monoisotopic (exact) mass is 252 g/mol. The second-order valence-electron chi connectivity index (χ2n) is 2.75. The standard InChI is InChI=1S/C10H9BrN2O/c11-5-6-14-10-12-7-8-3-1-2-4-9(8)13-10/h1-4,7H,5-6H2. The summed E-state index contributed by atoms with van der Waals surface area (Å²) in [6.07, 6.45) is 1.77. The first-order valence-electron chi connectivity index (χ1n) is 4.31. The Hall–Kier alpha value is -1.16. The van der Waals surface area contributed by atoms with E-state index in [0.29, 0.717) is 12.6 Å². The van der Waals surface area contributed by atoms with Crippen molar-refractivity contribution in [2.24, 2.45) is 0 Å². The zero-order chi connectivity index (χ0) is 9.80. The summed E-state index contributed by atoms with van der Waals surface area (Å²) in [5.41, 5.74) is 0.909. The van der Waals surface area contributed by atoms with Crippen LogP contribution in [-0.2, 0) is 0 Å². The molecule has 2 rings (SSSR count). The van der Waals surface area contributed by atoms with Crippen molar-refractivity contribution < 1.29 is 4.74 Å². The Labute approximate surface area is 90.3 Å². The van der Waals surface area contributed by atoms with Crippen molar-refractivity contribution in [1.82, 2.24) is 9.97 Å². The number of ether oxygens (including phenoxy) is 1. The van der Waals surface area contributed by atoms with Crippen LogP contribution in [0.5, 0.6) is 6.01 Å². The first-order valence-corrected chi connectivity index (χ1v) is 5.43. The van der Waals surface area contributed by atoms with E-state index in [0.717, 1.165) is 16.2 Å². The normalized spacial score (nSPS) is 10.4. The molecule has 0 spiro atoms. The van der Waals surface area contributed by atoms with Crippen LogP contribution in [0.4, 0.5) is 0 Å². The molecule has 0 fully saturated rings. The number of para-hydroxylation sites is 1. The molecule has 1 aromatic heterocycles. The van der Waals surface area contributed by atoms with Gasteiger partial charge in [0.15, 0.2) is 0 Å². The van der Waals surface area contributed by atoms with E-state index >= 15 is 0 Å². The molecule has 0 aliphatic heterocycles. The van der Waals surface area contributed by atoms with Gasteiger partial charge in [0.1, 0.15) is 6.61 Å². The average Bonchev–Trinajstić information content (AvgIpc) is 2.26. The molecule has 0 aliphatic carbocycles. The number of halogens is 1. The molecule has 0 bridgehead atoms. The molecule has 1 aromatic carbocycles. The van der Waals surface area contributed by atoms with Crippen LogP contribution in [0.15, 0.2) is 30.5 Å². The molecule has 14 heavy (non-hydrogen) atoms. The molecule has 2 aromatic rings. The molecular weight excluding hydrogens is 244 g/mol. The molecule has 0 saturated heterocycles. The van der Waals surface area contributed by atoms with Gasteiger partial charge in [-0.1, -0.05) is 34.1 Å². The summed E-state index contributed by atoms with van der Waals surface area (Å²) < 4.78 is 5.29. The predicted molar refractivity (Wildman–Crippen MR) is 58.8 cm³/mol. The average molecular weight is 253 g/mol. The molecule has 0 unspecified atom stereocenters. The van der Waals surface area contributed by atoms with Crippen molar-refractivity contribution in [1.29, 1.82) is 0 Å². The van der Waals surface area contributed by atoms with Crippen LogP contribution in [0.25, 0.3) is 10.9 Å². The van der Waals surface area contributed by atoms with Gasteiger partial charge in [-0.15, -0.1) is 0 Å². The Kier molecular flexibility index (Phi) is 2.93. The van der Waals surface area contributed by atoms with E-state index in [-0.39, 0.29) is 0 Å². The molecule has 0 aliphatic rings. The molecule has 3 nitrogen and oxygen atoms in total. The lowest BCUT2D eigenvalue weighted by Gasteiger charge is -2.02. The SMILES string of the molecule is BrCCOc1ncc2ccccc2n1. The number of nitrogens with zero attached hydrogens (tertiary/aromatic N) is 2. The lowest BCUT2D eigenvalue weighted by molar-refractivity contribution is 0.318. The van der Waals surface area contributed by atoms with Gasteiger partial charge in [0.2, 0.25) is 0 Å². The molecule has 0 amide bonds. The molecule has 0 saturated carbocycles. The largest absolute Gasteiger partial charge is 0.463 e. The Morgan fingerprint density at radius 1 is 1.29 bits per heavy atom. The fourth-order valence-corrected chi connectivity index (χ4v) is 1.32. The third-order valence-electron chi connectivity index (χ3n) is 1.78. The maximum Gasteiger partial charge on any atom is 0.316 e. The van der Waals surface area contributed by atoms with Gasteiger partial charge in [-0.3, -0.25) is 0 Å². The van der Waals surface area contributed by atoms with Crippen molar-refractivity contribution in [3.63, 3.8) is 0 Å². The molecule has 0 N–H and O–H groups in total. The van der Waals surface area contributed by atoms with E-state index in [1.165, 1.54) is 0 Å². The number of rotatable bonds is 3. The summed E-state index contributed by atoms with van der Waals surface area (Å²) in [6.45, 7) is 0.582. The maximum absolute atomic E-state index is 5.29. The van der Waals surface area contributed by atoms with Gasteiger partial charge in [-0.25, -0.2) is 4.98 Å². The minimum absolute atomic E-state index is 0.433. The van der Waals surface area contributed by atoms with E-state index in [4.69, 9.17) is 4.74 Å². The Morgan fingerprint density at radius 2 is 2.14 bits per heavy atom. The van der Waals surface area contributed by atoms with Gasteiger partial charge in [0.25, 0.3) is 0 Å². The van der Waals surface area contributed by atoms with Crippen LogP contribution in [0.3, 0.4) is 0 Å². The first-order chi connectivity index (χ1) is 6.90. The van der Waals surface area contributed by atoms with Crippen LogP contribution in [0, 0.1) is 0 Å². The zero-order valence-corrected chi connectivity index (χ0v) is 9.07. The summed E-state index contributed by atoms with van der Waals surface area (Å²) in [4.78, 5) is 8.35. The van der Waals surface area contributed by atoms with Gasteiger partial charge < -0.3 is 4.74 Å². The summed E-state index contributed by atoms with van der Waals surface area (Å²) in [5.74, 6) is 0. The number of hydrogen-bond donors (Lipinski definition) is 0. The fraction of sp³-hybridized carbons (Fsp3) is 0.200. The minimum Gasteiger partial charge on any atom is -0.463 e. The van der Waals surface area contributed by atoms with Gasteiger partial charge in [-0.05, 0) is 6.07 Å². The highest BCUT2D eigenvalue weighted by atomic mass is 79.9. The Morgan fingerprint density at radius 3 is 3.00 bits per heavy atom. The van der Waals surface area contributed by atoms with Gasteiger partial charge in [-0.2, -0.15) is 4.98 Å². The maximum atomic E-state index is 5.29. The quantitative estimate of drug-likeness (QED) is 0.788. The van der Waals surface area contributed by atoms with Crippen molar-refractivity contribution >= 4 is 26.8 Å². The van der Waals surface area contributed by atoms with Crippen LogP contribution >= 0.6 is 15.9 Å². The second kappa shape index (κ2) is 4.37. The predicted octanol–water partition coefficient (Wildman–Crippen LogP) is 2.40. The zero-order valence-electron chi connectivity index (χ0n) is 7.48. The fourth-order valence-electron chi connectivity index (χ4n) is 1.15. The molecular formula is C10H9BrN2O. The van der Waals surface area contributed by atoms with Crippen LogP contribution in [-0.4, -0.2) is 21.9 Å². The van der Waals surface area contributed by atoms with Crippen molar-refractivity contribution in [2.75, 3.05) is 11.9 Å². The Bertz CT molecular complexity index is 433. The summed E-state index contributed by atoms with van der Waals surface area (Å²) in [6, 6.07) is 8.26. The topological polar surface area (TPSA) is 35.0 Å². The highest BCUT2D eigenvalue weighted by molar-refractivity contribution is 9.09. The smallest absolute Gasteiger partial charge is 0.316 e. The number of hydrogen-bond acceptors (Lipinski definition) is 3. The van der Waals surface area contributed by atoms with E-state index in [1.807, 2.05) is 24.3 Å². The van der Waals surface area contributed by atoms with E-state index in [9.17, 15) is 0 Å². The first kappa shape index (κ1) is 9.40. The summed E-state index contributed by atoms with van der Waals surface area (Å²) in [5, 5.41) is 1.81. The highest BCUT2D eigenvalue weighted by Crippen LogP contribution is 2.12. The van der Waals surface area contributed by atoms with E-state index in [2.05, 4.69) is 25.9 Å². The van der Waals surface area contributed by atoms with Crippen LogP contribution in [0.1, 0.15) is 0 Å². The van der Waals surface area contributed by atoms with Crippen LogP contribution in [0.2, 0.25) is 0 Å². The Balaban J connectivity index is 2.32. The van der Waals surface area contributed by atoms with Crippen molar-refractivity contribution in [3.8, 4) is 6.01 Å². The lowest BCUT2D eigenvalue weighted by Crippen LogP contribution is -2.01. The second-order valence-corrected chi connectivity index (χ2v) is 3.54. The summed E-state index contributed by atoms with van der Waals surface area (Å²) in [7, 11) is 0. The number of alkyl halides is 1. The lowest BCUT2D eigenvalue weighted by atomic mass is 10.2.